The lowest BCUT2D eigenvalue weighted by Crippen LogP contribution is -2.33. The highest BCUT2D eigenvalue weighted by Gasteiger charge is 2.16. The maximum atomic E-state index is 12.0. The van der Waals surface area contributed by atoms with Crippen LogP contribution in [-0.2, 0) is 0 Å². The summed E-state index contributed by atoms with van der Waals surface area (Å²) in [6, 6.07) is 1.55. The number of hydrogen-bond donors (Lipinski definition) is 1. The van der Waals surface area contributed by atoms with Gasteiger partial charge in [-0.1, -0.05) is 17.7 Å². The minimum atomic E-state index is -0.235. The summed E-state index contributed by atoms with van der Waals surface area (Å²) >= 11 is 5.87. The number of amides is 1. The molecule has 16 heavy (non-hydrogen) atoms. The van der Waals surface area contributed by atoms with Gasteiger partial charge in [-0.15, -0.1) is 6.58 Å². The monoisotopic (exact) mass is 240 g/mol. The fourth-order valence-electron chi connectivity index (χ4n) is 1.27. The third-order valence-corrected chi connectivity index (χ3v) is 2.31. The van der Waals surface area contributed by atoms with E-state index in [-0.39, 0.29) is 19.1 Å². The average Bonchev–Trinajstić information content (AvgIpc) is 2.28. The standard InChI is InChI=1S/C11H13ClN2O2/c1-2-5-14(6-7-15)11(16)9-3-4-13-8-10(9)12/h2-4,8,15H,1,5-7H2. The fraction of sp³-hybridized carbons (Fsp3) is 0.273. The lowest BCUT2D eigenvalue weighted by molar-refractivity contribution is 0.0743. The first kappa shape index (κ1) is 12.7. The van der Waals surface area contributed by atoms with Crippen LogP contribution in [0, 0.1) is 0 Å². The Morgan fingerprint density at radius 3 is 3.00 bits per heavy atom. The van der Waals surface area contributed by atoms with Gasteiger partial charge < -0.3 is 10.0 Å². The number of rotatable bonds is 5. The van der Waals surface area contributed by atoms with E-state index < -0.39 is 0 Å². The minimum Gasteiger partial charge on any atom is -0.395 e. The summed E-state index contributed by atoms with van der Waals surface area (Å²) < 4.78 is 0. The Morgan fingerprint density at radius 2 is 2.44 bits per heavy atom. The van der Waals surface area contributed by atoms with Crippen molar-refractivity contribution in [2.24, 2.45) is 0 Å². The molecule has 0 bridgehead atoms. The second kappa shape index (κ2) is 6.25. The van der Waals surface area contributed by atoms with E-state index in [4.69, 9.17) is 16.7 Å². The van der Waals surface area contributed by atoms with Crippen LogP contribution in [0.3, 0.4) is 0 Å². The van der Waals surface area contributed by atoms with Crippen molar-refractivity contribution in [3.63, 3.8) is 0 Å². The van der Waals surface area contributed by atoms with Gasteiger partial charge in [-0.25, -0.2) is 0 Å². The maximum Gasteiger partial charge on any atom is 0.255 e. The number of halogens is 1. The fourth-order valence-corrected chi connectivity index (χ4v) is 1.47. The minimum absolute atomic E-state index is 0.0950. The van der Waals surface area contributed by atoms with Crippen molar-refractivity contribution in [1.82, 2.24) is 9.88 Å². The SMILES string of the molecule is C=CCN(CCO)C(=O)c1ccncc1Cl. The van der Waals surface area contributed by atoms with E-state index in [1.807, 2.05) is 0 Å². The molecular weight excluding hydrogens is 228 g/mol. The van der Waals surface area contributed by atoms with Crippen molar-refractivity contribution in [2.45, 2.75) is 0 Å². The Labute approximate surface area is 99.2 Å². The van der Waals surface area contributed by atoms with Crippen molar-refractivity contribution >= 4 is 17.5 Å². The van der Waals surface area contributed by atoms with E-state index in [1.165, 1.54) is 17.3 Å². The molecule has 0 fully saturated rings. The van der Waals surface area contributed by atoms with Gasteiger partial charge in [0.25, 0.3) is 5.91 Å². The highest BCUT2D eigenvalue weighted by atomic mass is 35.5. The first-order chi connectivity index (χ1) is 7.70. The van der Waals surface area contributed by atoms with Gasteiger partial charge >= 0.3 is 0 Å². The molecule has 4 nitrogen and oxygen atoms in total. The first-order valence-electron chi connectivity index (χ1n) is 4.81. The highest BCUT2D eigenvalue weighted by molar-refractivity contribution is 6.33. The Morgan fingerprint density at radius 1 is 1.69 bits per heavy atom. The Hall–Kier alpha value is -1.39. The normalized spacial score (nSPS) is 9.88. The summed E-state index contributed by atoms with van der Waals surface area (Å²) in [4.78, 5) is 17.3. The van der Waals surface area contributed by atoms with Crippen LogP contribution in [-0.4, -0.2) is 40.6 Å². The molecule has 0 aromatic carbocycles. The van der Waals surface area contributed by atoms with Gasteiger partial charge in [0.1, 0.15) is 0 Å². The summed E-state index contributed by atoms with van der Waals surface area (Å²) in [5, 5.41) is 9.16. The van der Waals surface area contributed by atoms with Gasteiger partial charge in [-0.05, 0) is 6.07 Å². The largest absolute Gasteiger partial charge is 0.395 e. The second-order valence-corrected chi connectivity index (χ2v) is 3.53. The summed E-state index contributed by atoms with van der Waals surface area (Å²) in [6.07, 6.45) is 4.52. The van der Waals surface area contributed by atoms with Crippen LogP contribution in [0.5, 0.6) is 0 Å². The van der Waals surface area contributed by atoms with E-state index >= 15 is 0 Å². The summed E-state index contributed by atoms with van der Waals surface area (Å²) in [7, 11) is 0. The van der Waals surface area contributed by atoms with Crippen LogP contribution in [0.1, 0.15) is 10.4 Å². The van der Waals surface area contributed by atoms with Crippen LogP contribution in [0.25, 0.3) is 0 Å². The molecule has 0 saturated carbocycles. The molecule has 86 valence electrons. The average molecular weight is 241 g/mol. The highest BCUT2D eigenvalue weighted by Crippen LogP contribution is 2.15. The topological polar surface area (TPSA) is 53.4 Å². The number of hydrogen-bond acceptors (Lipinski definition) is 3. The van der Waals surface area contributed by atoms with Crippen molar-refractivity contribution in [3.05, 3.63) is 41.7 Å². The van der Waals surface area contributed by atoms with Gasteiger partial charge in [0.05, 0.1) is 17.2 Å². The Kier molecular flexibility index (Phi) is 4.95. The van der Waals surface area contributed by atoms with Crippen molar-refractivity contribution < 1.29 is 9.90 Å². The number of carbonyl (C=O) groups is 1. The molecule has 0 spiro atoms. The molecule has 0 radical (unpaired) electrons. The predicted octanol–water partition coefficient (Wildman–Crippen LogP) is 1.36. The molecule has 0 unspecified atom stereocenters. The third-order valence-electron chi connectivity index (χ3n) is 2.01. The molecule has 1 aromatic rings. The number of carbonyl (C=O) groups excluding carboxylic acids is 1. The van der Waals surface area contributed by atoms with Crippen LogP contribution in [0.4, 0.5) is 0 Å². The smallest absolute Gasteiger partial charge is 0.255 e. The maximum absolute atomic E-state index is 12.0. The summed E-state index contributed by atoms with van der Waals surface area (Å²) in [6.45, 7) is 4.09. The molecule has 0 saturated heterocycles. The first-order valence-corrected chi connectivity index (χ1v) is 5.19. The van der Waals surface area contributed by atoms with Crippen LogP contribution in [0.2, 0.25) is 5.02 Å². The molecule has 1 amide bonds. The van der Waals surface area contributed by atoms with Gasteiger partial charge in [0.15, 0.2) is 0 Å². The lowest BCUT2D eigenvalue weighted by atomic mass is 10.2. The predicted molar refractivity (Wildman–Crippen MR) is 62.4 cm³/mol. The van der Waals surface area contributed by atoms with Gasteiger partial charge in [0, 0.05) is 25.5 Å². The quantitative estimate of drug-likeness (QED) is 0.791. The number of aliphatic hydroxyl groups excluding tert-OH is 1. The van der Waals surface area contributed by atoms with Crippen molar-refractivity contribution in [1.29, 1.82) is 0 Å². The molecule has 0 atom stereocenters. The van der Waals surface area contributed by atoms with Gasteiger partial charge in [-0.2, -0.15) is 0 Å². The molecule has 0 aliphatic rings. The van der Waals surface area contributed by atoms with Crippen molar-refractivity contribution in [2.75, 3.05) is 19.7 Å². The summed E-state index contributed by atoms with van der Waals surface area (Å²) in [5.74, 6) is -0.235. The van der Waals surface area contributed by atoms with Crippen LogP contribution >= 0.6 is 11.6 Å². The zero-order chi connectivity index (χ0) is 12.0. The number of nitrogens with zero attached hydrogens (tertiary/aromatic N) is 2. The summed E-state index contributed by atoms with van der Waals surface area (Å²) in [5.41, 5.74) is 0.381. The van der Waals surface area contributed by atoms with E-state index in [0.717, 1.165) is 0 Å². The second-order valence-electron chi connectivity index (χ2n) is 3.12. The molecule has 1 rings (SSSR count). The number of aromatic nitrogens is 1. The van der Waals surface area contributed by atoms with E-state index in [1.54, 1.807) is 12.1 Å². The Bertz CT molecular complexity index is 382. The molecule has 1 N–H and O–H groups in total. The number of pyridine rings is 1. The molecular formula is C11H13ClN2O2. The Balaban J connectivity index is 2.89. The van der Waals surface area contributed by atoms with E-state index in [9.17, 15) is 4.79 Å². The van der Waals surface area contributed by atoms with E-state index in [0.29, 0.717) is 17.1 Å². The van der Waals surface area contributed by atoms with Crippen LogP contribution < -0.4 is 0 Å². The van der Waals surface area contributed by atoms with Gasteiger partial charge in [-0.3, -0.25) is 9.78 Å². The van der Waals surface area contributed by atoms with Crippen molar-refractivity contribution in [3.8, 4) is 0 Å². The third kappa shape index (κ3) is 3.05. The molecule has 1 aromatic heterocycles. The zero-order valence-corrected chi connectivity index (χ0v) is 9.52. The molecule has 0 aliphatic heterocycles. The zero-order valence-electron chi connectivity index (χ0n) is 8.77. The van der Waals surface area contributed by atoms with Crippen LogP contribution in [0.15, 0.2) is 31.1 Å². The molecule has 1 heterocycles. The molecule has 0 aliphatic carbocycles. The lowest BCUT2D eigenvalue weighted by Gasteiger charge is -2.20. The van der Waals surface area contributed by atoms with Gasteiger partial charge in [0.2, 0.25) is 0 Å². The molecule has 5 heteroatoms. The number of aliphatic hydroxyl groups is 1. The van der Waals surface area contributed by atoms with E-state index in [2.05, 4.69) is 11.6 Å².